The zero-order valence-corrected chi connectivity index (χ0v) is 26.5. The van der Waals surface area contributed by atoms with Crippen LogP contribution in [0.15, 0.2) is 24.3 Å². The lowest BCUT2D eigenvalue weighted by molar-refractivity contribution is -0.0165. The molecule has 0 saturated heterocycles. The second-order valence-electron chi connectivity index (χ2n) is 10.5. The van der Waals surface area contributed by atoms with Gasteiger partial charge >= 0.3 is 12.2 Å². The van der Waals surface area contributed by atoms with Crippen molar-refractivity contribution in [3.63, 3.8) is 0 Å². The van der Waals surface area contributed by atoms with Crippen LogP contribution >= 0.6 is 0 Å². The quantitative estimate of drug-likeness (QED) is 0.125. The molecular formula is C32H56N2O10. The molecule has 0 saturated carbocycles. The fourth-order valence-electron chi connectivity index (χ4n) is 4.52. The van der Waals surface area contributed by atoms with Crippen LogP contribution < -0.4 is 10.6 Å². The van der Waals surface area contributed by atoms with E-state index in [0.717, 1.165) is 64.2 Å². The SMILES string of the molecule is O=C(NCCOCCOCCOCCOCCOCCOCCNC(=O)OC1CC/C=C\CCC1)OC1CC/C=C\CCC1. The first-order valence-electron chi connectivity index (χ1n) is 16.4. The highest BCUT2D eigenvalue weighted by molar-refractivity contribution is 5.67. The first-order chi connectivity index (χ1) is 21.7. The van der Waals surface area contributed by atoms with Crippen molar-refractivity contribution in [2.75, 3.05) is 92.4 Å². The van der Waals surface area contributed by atoms with E-state index in [4.69, 9.17) is 37.9 Å². The van der Waals surface area contributed by atoms with Crippen molar-refractivity contribution < 1.29 is 47.5 Å². The van der Waals surface area contributed by atoms with Gasteiger partial charge in [0.25, 0.3) is 0 Å². The van der Waals surface area contributed by atoms with Crippen molar-refractivity contribution in [2.24, 2.45) is 0 Å². The molecular weight excluding hydrogens is 572 g/mol. The van der Waals surface area contributed by atoms with Crippen molar-refractivity contribution in [1.82, 2.24) is 10.6 Å². The van der Waals surface area contributed by atoms with Crippen LogP contribution in [0.25, 0.3) is 0 Å². The van der Waals surface area contributed by atoms with Crippen molar-refractivity contribution in [3.8, 4) is 0 Å². The predicted octanol–water partition coefficient (Wildman–Crippen LogP) is 4.32. The number of hydrogen-bond acceptors (Lipinski definition) is 10. The third-order valence-electron chi connectivity index (χ3n) is 6.88. The van der Waals surface area contributed by atoms with Crippen molar-refractivity contribution in [3.05, 3.63) is 24.3 Å². The molecule has 12 heteroatoms. The summed E-state index contributed by atoms with van der Waals surface area (Å²) in [6.45, 7) is 6.32. The van der Waals surface area contributed by atoms with Crippen LogP contribution in [0, 0.1) is 0 Å². The average molecular weight is 629 g/mol. The highest BCUT2D eigenvalue weighted by Gasteiger charge is 2.15. The van der Waals surface area contributed by atoms with Crippen LogP contribution in [0.3, 0.4) is 0 Å². The molecule has 0 aromatic rings. The number of rotatable bonds is 23. The van der Waals surface area contributed by atoms with Gasteiger partial charge in [-0.2, -0.15) is 0 Å². The average Bonchev–Trinajstić information content (AvgIpc) is 2.98. The van der Waals surface area contributed by atoms with Gasteiger partial charge < -0.3 is 48.5 Å². The Labute approximate surface area is 263 Å². The molecule has 254 valence electrons. The zero-order valence-electron chi connectivity index (χ0n) is 26.5. The van der Waals surface area contributed by atoms with Gasteiger partial charge in [0.1, 0.15) is 12.2 Å². The molecule has 2 rings (SSSR count). The highest BCUT2D eigenvalue weighted by atomic mass is 16.6. The Morgan fingerprint density at radius 1 is 0.455 bits per heavy atom. The lowest BCUT2D eigenvalue weighted by Crippen LogP contribution is -2.31. The first-order valence-corrected chi connectivity index (χ1v) is 16.4. The Morgan fingerprint density at radius 3 is 1.14 bits per heavy atom. The minimum atomic E-state index is -0.377. The summed E-state index contributed by atoms with van der Waals surface area (Å²) in [7, 11) is 0. The first kappa shape index (κ1) is 38.0. The Bertz CT molecular complexity index is 705. The zero-order chi connectivity index (χ0) is 31.2. The number of carbonyl (C=O) groups is 2. The lowest BCUT2D eigenvalue weighted by Gasteiger charge is -2.18. The smallest absolute Gasteiger partial charge is 0.407 e. The molecule has 12 nitrogen and oxygen atoms in total. The van der Waals surface area contributed by atoms with Crippen molar-refractivity contribution >= 4 is 12.2 Å². The molecule has 44 heavy (non-hydrogen) atoms. The largest absolute Gasteiger partial charge is 0.446 e. The van der Waals surface area contributed by atoms with Crippen LogP contribution in [0.2, 0.25) is 0 Å². The van der Waals surface area contributed by atoms with E-state index in [9.17, 15) is 9.59 Å². The van der Waals surface area contributed by atoms with Gasteiger partial charge in [-0.25, -0.2) is 9.59 Å². The molecule has 2 amide bonds. The Morgan fingerprint density at radius 2 is 0.773 bits per heavy atom. The molecule has 0 aromatic carbocycles. The van der Waals surface area contributed by atoms with E-state index in [1.165, 1.54) is 0 Å². The number of carbonyl (C=O) groups excluding carboxylic acids is 2. The van der Waals surface area contributed by atoms with E-state index in [2.05, 4.69) is 34.9 Å². The minimum absolute atomic E-state index is 0.00718. The molecule has 2 N–H and O–H groups in total. The molecule has 0 bridgehead atoms. The fraction of sp³-hybridized carbons (Fsp3) is 0.812. The lowest BCUT2D eigenvalue weighted by atomic mass is 10.0. The monoisotopic (exact) mass is 628 g/mol. The summed E-state index contributed by atoms with van der Waals surface area (Å²) in [6, 6.07) is 0. The van der Waals surface area contributed by atoms with Crippen LogP contribution in [0.1, 0.15) is 64.2 Å². The molecule has 2 aliphatic rings. The maximum atomic E-state index is 11.9. The van der Waals surface area contributed by atoms with Gasteiger partial charge in [-0.05, 0) is 64.2 Å². The number of nitrogens with one attached hydrogen (secondary N) is 2. The van der Waals surface area contributed by atoms with Gasteiger partial charge in [0, 0.05) is 13.1 Å². The number of alkyl carbamates (subject to hydrolysis) is 2. The molecule has 0 heterocycles. The van der Waals surface area contributed by atoms with E-state index in [0.29, 0.717) is 92.4 Å². The van der Waals surface area contributed by atoms with Crippen LogP contribution in [-0.2, 0) is 37.9 Å². The second kappa shape index (κ2) is 28.3. The summed E-state index contributed by atoms with van der Waals surface area (Å²) >= 11 is 0. The summed E-state index contributed by atoms with van der Waals surface area (Å²) in [6.07, 6.45) is 17.6. The summed E-state index contributed by atoms with van der Waals surface area (Å²) in [5, 5.41) is 5.47. The van der Waals surface area contributed by atoms with Crippen LogP contribution in [-0.4, -0.2) is 117 Å². The molecule has 0 radical (unpaired) electrons. The normalized spacial score (nSPS) is 20.4. The number of allylic oxidation sites excluding steroid dienone is 4. The van der Waals surface area contributed by atoms with Crippen molar-refractivity contribution in [1.29, 1.82) is 0 Å². The van der Waals surface area contributed by atoms with E-state index in [-0.39, 0.29) is 24.4 Å². The van der Waals surface area contributed by atoms with Gasteiger partial charge in [0.05, 0.1) is 79.3 Å². The van der Waals surface area contributed by atoms with E-state index in [1.54, 1.807) is 0 Å². The molecule has 0 spiro atoms. The number of amides is 2. The summed E-state index contributed by atoms with van der Waals surface area (Å²) in [4.78, 5) is 23.8. The highest BCUT2D eigenvalue weighted by Crippen LogP contribution is 2.16. The van der Waals surface area contributed by atoms with E-state index < -0.39 is 0 Å². The topological polar surface area (TPSA) is 132 Å². The molecule has 2 unspecified atom stereocenters. The summed E-state index contributed by atoms with van der Waals surface area (Å²) in [5.41, 5.74) is 0. The fourth-order valence-corrected chi connectivity index (χ4v) is 4.52. The maximum Gasteiger partial charge on any atom is 0.407 e. The van der Waals surface area contributed by atoms with Gasteiger partial charge in [-0.15, -0.1) is 0 Å². The standard InChI is InChI=1S/C32H56N2O10/c35-31(43-29-11-7-3-1-4-8-12-29)33-15-17-37-19-21-39-23-25-41-27-28-42-26-24-40-22-20-38-18-16-34-32(36)44-30-13-9-5-2-6-10-14-30/h1-3,5,29-30H,4,6-28H2,(H,33,35)(H,34,36)/b3-1-,5-2-. The van der Waals surface area contributed by atoms with E-state index in [1.807, 2.05) is 0 Å². The van der Waals surface area contributed by atoms with Crippen molar-refractivity contribution in [2.45, 2.75) is 76.4 Å². The predicted molar refractivity (Wildman–Crippen MR) is 166 cm³/mol. The van der Waals surface area contributed by atoms with E-state index >= 15 is 0 Å². The Balaban J connectivity index is 1.22. The van der Waals surface area contributed by atoms with Crippen LogP contribution in [0.4, 0.5) is 9.59 Å². The maximum absolute atomic E-state index is 11.9. The Hall–Kier alpha value is -2.22. The van der Waals surface area contributed by atoms with Gasteiger partial charge in [-0.1, -0.05) is 24.3 Å². The Kier molecular flexibility index (Phi) is 24.4. The minimum Gasteiger partial charge on any atom is -0.446 e. The summed E-state index contributed by atoms with van der Waals surface area (Å²) in [5.74, 6) is 0. The third-order valence-corrected chi connectivity index (χ3v) is 6.88. The van der Waals surface area contributed by atoms with Crippen LogP contribution in [0.5, 0.6) is 0 Å². The summed E-state index contributed by atoms with van der Waals surface area (Å²) < 4.78 is 43.8. The second-order valence-corrected chi connectivity index (χ2v) is 10.5. The molecule has 2 atom stereocenters. The number of hydrogen-bond donors (Lipinski definition) is 2. The molecule has 0 fully saturated rings. The van der Waals surface area contributed by atoms with Gasteiger partial charge in [0.2, 0.25) is 0 Å². The third kappa shape index (κ3) is 23.2. The number of ether oxygens (including phenoxy) is 8. The van der Waals surface area contributed by atoms with Gasteiger partial charge in [0.15, 0.2) is 0 Å². The molecule has 0 aliphatic heterocycles. The molecule has 0 aromatic heterocycles. The van der Waals surface area contributed by atoms with Gasteiger partial charge in [-0.3, -0.25) is 0 Å². The molecule has 2 aliphatic carbocycles.